The number of allylic oxidation sites excluding steroid dienone is 2. The summed E-state index contributed by atoms with van der Waals surface area (Å²) in [7, 11) is 0. The summed E-state index contributed by atoms with van der Waals surface area (Å²) in [5.41, 5.74) is 0. The van der Waals surface area contributed by atoms with Gasteiger partial charge in [-0.05, 0) is 0 Å². The van der Waals surface area contributed by atoms with Gasteiger partial charge in [0.15, 0.2) is 0 Å². The zero-order valence-corrected chi connectivity index (χ0v) is 8.72. The van der Waals surface area contributed by atoms with Crippen LogP contribution >= 0.6 is 0 Å². The van der Waals surface area contributed by atoms with Crippen molar-refractivity contribution in [2.24, 2.45) is 0 Å². The predicted molar refractivity (Wildman–Crippen MR) is 48.7 cm³/mol. The molecule has 0 aliphatic rings. The third kappa shape index (κ3) is 9.93. The van der Waals surface area contributed by atoms with Gasteiger partial charge in [-0.2, -0.15) is 0 Å². The van der Waals surface area contributed by atoms with Crippen LogP contribution in [0.5, 0.6) is 0 Å². The Labute approximate surface area is 77.1 Å². The molecule has 0 heterocycles. The summed E-state index contributed by atoms with van der Waals surface area (Å²) in [4.78, 5) is 10.4. The van der Waals surface area contributed by atoms with E-state index in [1.807, 2.05) is 6.08 Å². The van der Waals surface area contributed by atoms with Crippen LogP contribution < -0.4 is 0 Å². The Morgan fingerprint density at radius 2 is 2.09 bits per heavy atom. The van der Waals surface area contributed by atoms with Crippen LogP contribution in [0.15, 0.2) is 12.2 Å². The van der Waals surface area contributed by atoms with E-state index < -0.39 is 0 Å². The summed E-state index contributed by atoms with van der Waals surface area (Å²) < 4.78 is 0.0282. The average Bonchev–Trinajstić information content (AvgIpc) is 1.96. The van der Waals surface area contributed by atoms with Crippen molar-refractivity contribution in [3.63, 3.8) is 0 Å². The monoisotopic (exact) mass is 219 g/mol. The molecule has 0 saturated heterocycles. The van der Waals surface area contributed by atoms with Crippen LogP contribution in [0.1, 0.15) is 39.0 Å². The van der Waals surface area contributed by atoms with Gasteiger partial charge in [0.25, 0.3) is 0 Å². The molecule has 0 aromatic heterocycles. The fourth-order valence-electron chi connectivity index (χ4n) is 0.869. The van der Waals surface area contributed by atoms with Gasteiger partial charge in [-0.15, -0.1) is 0 Å². The molecule has 0 fully saturated rings. The molecule has 0 aliphatic heterocycles. The number of rotatable bonds is 6. The standard InChI is InChI=1S/C9H15OSe/c1-2-3-4-5-6-7-8-9(10)11/h7-8H,2-6H2,1H3. The molecule has 63 valence electrons. The van der Waals surface area contributed by atoms with E-state index in [2.05, 4.69) is 22.9 Å². The van der Waals surface area contributed by atoms with E-state index in [1.165, 1.54) is 25.7 Å². The van der Waals surface area contributed by atoms with Gasteiger partial charge in [-0.1, -0.05) is 0 Å². The molecule has 0 rings (SSSR count). The molecule has 0 spiro atoms. The Bertz CT molecular complexity index is 130. The summed E-state index contributed by atoms with van der Waals surface area (Å²) >= 11 is 2.42. The van der Waals surface area contributed by atoms with Gasteiger partial charge < -0.3 is 0 Å². The van der Waals surface area contributed by atoms with Crippen molar-refractivity contribution in [1.82, 2.24) is 0 Å². The fourth-order valence-corrected chi connectivity index (χ4v) is 1.07. The number of unbranched alkanes of at least 4 members (excludes halogenated alkanes) is 4. The van der Waals surface area contributed by atoms with Crippen LogP contribution in [0, 0.1) is 0 Å². The van der Waals surface area contributed by atoms with Crippen LogP contribution in [0.3, 0.4) is 0 Å². The Morgan fingerprint density at radius 1 is 1.36 bits per heavy atom. The van der Waals surface area contributed by atoms with Crippen molar-refractivity contribution in [3.05, 3.63) is 12.2 Å². The first-order chi connectivity index (χ1) is 5.27. The summed E-state index contributed by atoms with van der Waals surface area (Å²) in [6.45, 7) is 2.19. The zero-order valence-electron chi connectivity index (χ0n) is 7.01. The van der Waals surface area contributed by atoms with E-state index in [0.29, 0.717) is 0 Å². The van der Waals surface area contributed by atoms with Gasteiger partial charge in [0.05, 0.1) is 0 Å². The average molecular weight is 218 g/mol. The second kappa shape index (κ2) is 8.03. The van der Waals surface area contributed by atoms with Crippen molar-refractivity contribution in [2.75, 3.05) is 0 Å². The molecule has 1 nitrogen and oxygen atoms in total. The van der Waals surface area contributed by atoms with Crippen LogP contribution in [0.4, 0.5) is 0 Å². The first-order valence-electron chi connectivity index (χ1n) is 4.15. The second-order valence-electron chi connectivity index (χ2n) is 2.57. The van der Waals surface area contributed by atoms with Crippen molar-refractivity contribution in [2.45, 2.75) is 39.0 Å². The SMILES string of the molecule is CCCCCCC=CC(=O)[Se]. The van der Waals surface area contributed by atoms with Crippen LogP contribution in [0.25, 0.3) is 0 Å². The van der Waals surface area contributed by atoms with E-state index in [4.69, 9.17) is 0 Å². The van der Waals surface area contributed by atoms with E-state index in [9.17, 15) is 4.79 Å². The Kier molecular flexibility index (Phi) is 7.98. The number of carbonyl (C=O) groups excluding carboxylic acids is 1. The Hall–Kier alpha value is -0.0705. The molecule has 0 bridgehead atoms. The molecule has 0 saturated carbocycles. The van der Waals surface area contributed by atoms with Crippen LogP contribution in [-0.2, 0) is 4.79 Å². The van der Waals surface area contributed by atoms with Gasteiger partial charge in [-0.3, -0.25) is 0 Å². The Balaban J connectivity index is 3.07. The van der Waals surface area contributed by atoms with Gasteiger partial charge in [0.2, 0.25) is 0 Å². The molecule has 0 N–H and O–H groups in total. The second-order valence-corrected chi connectivity index (χ2v) is 3.41. The first-order valence-corrected chi connectivity index (χ1v) is 5.00. The van der Waals surface area contributed by atoms with Crippen molar-refractivity contribution < 1.29 is 4.79 Å². The maximum absolute atomic E-state index is 10.4. The molecule has 0 aliphatic carbocycles. The molecule has 0 amide bonds. The molecule has 0 aromatic carbocycles. The van der Waals surface area contributed by atoms with E-state index in [1.54, 1.807) is 6.08 Å². The number of hydrogen-bond donors (Lipinski definition) is 0. The van der Waals surface area contributed by atoms with E-state index >= 15 is 0 Å². The summed E-state index contributed by atoms with van der Waals surface area (Å²) in [5.74, 6) is 0. The van der Waals surface area contributed by atoms with E-state index in [0.717, 1.165) is 6.42 Å². The van der Waals surface area contributed by atoms with Gasteiger partial charge in [0.1, 0.15) is 0 Å². The third-order valence-corrected chi connectivity index (χ3v) is 1.76. The summed E-state index contributed by atoms with van der Waals surface area (Å²) in [6, 6.07) is 0. The molecule has 0 unspecified atom stereocenters. The predicted octanol–water partition coefficient (Wildman–Crippen LogP) is 2.21. The minimum atomic E-state index is 0.0282. The van der Waals surface area contributed by atoms with Gasteiger partial charge in [-0.25, -0.2) is 0 Å². The number of hydrogen-bond acceptors (Lipinski definition) is 1. The Morgan fingerprint density at radius 3 is 2.64 bits per heavy atom. The molecule has 11 heavy (non-hydrogen) atoms. The molecule has 1 radical (unpaired) electrons. The fraction of sp³-hybridized carbons (Fsp3) is 0.667. The zero-order chi connectivity index (χ0) is 8.53. The molecule has 0 atom stereocenters. The first kappa shape index (κ1) is 10.9. The maximum atomic E-state index is 10.4. The van der Waals surface area contributed by atoms with Gasteiger partial charge in [0, 0.05) is 0 Å². The number of carbonyl (C=O) groups is 1. The van der Waals surface area contributed by atoms with Crippen LogP contribution in [0.2, 0.25) is 0 Å². The normalized spacial score (nSPS) is 10.6. The molecular weight excluding hydrogens is 203 g/mol. The topological polar surface area (TPSA) is 17.1 Å². The minimum absolute atomic E-state index is 0.0282. The molecule has 2 heteroatoms. The van der Waals surface area contributed by atoms with Crippen molar-refractivity contribution >= 4 is 20.7 Å². The van der Waals surface area contributed by atoms with Crippen LogP contribution in [-0.4, -0.2) is 20.7 Å². The molecule has 0 aromatic rings. The molecular formula is C9H15OSe. The summed E-state index contributed by atoms with van der Waals surface area (Å²) in [6.07, 6.45) is 9.64. The van der Waals surface area contributed by atoms with Crippen molar-refractivity contribution in [1.29, 1.82) is 0 Å². The van der Waals surface area contributed by atoms with E-state index in [-0.39, 0.29) is 4.68 Å². The summed E-state index contributed by atoms with van der Waals surface area (Å²) in [5, 5.41) is 0. The quantitative estimate of drug-likeness (QED) is 0.379. The third-order valence-electron chi connectivity index (χ3n) is 1.48. The van der Waals surface area contributed by atoms with Gasteiger partial charge >= 0.3 is 76.7 Å². The van der Waals surface area contributed by atoms with Crippen molar-refractivity contribution in [3.8, 4) is 0 Å².